The van der Waals surface area contributed by atoms with E-state index >= 15 is 0 Å². The highest BCUT2D eigenvalue weighted by Crippen LogP contribution is 2.12. The highest BCUT2D eigenvalue weighted by Gasteiger charge is 2.24. The number of carboxylic acid groups (broad SMARTS) is 1. The van der Waals surface area contributed by atoms with Crippen LogP contribution in [0.3, 0.4) is 0 Å². The van der Waals surface area contributed by atoms with Gasteiger partial charge in [-0.2, -0.15) is 5.26 Å². The SMILES string of the molecule is CC(C)C(NC(=O)/C(C#N)=C\Nc1cc(Cl)ccn1)C(=O)O. The Kier molecular flexibility index (Phi) is 6.35. The molecule has 0 aromatic carbocycles. The average molecular weight is 323 g/mol. The molecule has 0 bridgehead atoms. The molecule has 0 saturated heterocycles. The van der Waals surface area contributed by atoms with E-state index in [0.29, 0.717) is 10.8 Å². The van der Waals surface area contributed by atoms with Gasteiger partial charge in [-0.25, -0.2) is 9.78 Å². The first kappa shape index (κ1) is 17.5. The number of rotatable bonds is 6. The number of amides is 1. The first-order chi connectivity index (χ1) is 10.3. The summed E-state index contributed by atoms with van der Waals surface area (Å²) in [5.74, 6) is -1.90. The lowest BCUT2D eigenvalue weighted by atomic mass is 10.0. The van der Waals surface area contributed by atoms with Crippen LogP contribution in [0.5, 0.6) is 0 Å². The summed E-state index contributed by atoms with van der Waals surface area (Å²) in [5, 5.41) is 23.4. The van der Waals surface area contributed by atoms with E-state index in [4.69, 9.17) is 22.0 Å². The molecule has 1 atom stereocenters. The minimum atomic E-state index is -1.16. The second-order valence-electron chi connectivity index (χ2n) is 4.71. The number of nitrogens with zero attached hydrogens (tertiary/aromatic N) is 2. The third-order valence-electron chi connectivity index (χ3n) is 2.67. The number of carboxylic acids is 1. The molecule has 22 heavy (non-hydrogen) atoms. The number of aliphatic carboxylic acids is 1. The van der Waals surface area contributed by atoms with Crippen molar-refractivity contribution in [2.24, 2.45) is 5.92 Å². The quantitative estimate of drug-likeness (QED) is 0.543. The molecular weight excluding hydrogens is 308 g/mol. The molecule has 8 heteroatoms. The van der Waals surface area contributed by atoms with E-state index in [1.807, 2.05) is 0 Å². The van der Waals surface area contributed by atoms with Crippen LogP contribution in [0, 0.1) is 17.2 Å². The summed E-state index contributed by atoms with van der Waals surface area (Å²) in [4.78, 5) is 26.9. The highest BCUT2D eigenvalue weighted by molar-refractivity contribution is 6.30. The summed E-state index contributed by atoms with van der Waals surface area (Å²) in [6.07, 6.45) is 2.61. The number of nitrogens with one attached hydrogen (secondary N) is 2. The molecule has 3 N–H and O–H groups in total. The van der Waals surface area contributed by atoms with E-state index in [-0.39, 0.29) is 11.5 Å². The zero-order valence-corrected chi connectivity index (χ0v) is 12.8. The van der Waals surface area contributed by atoms with E-state index in [1.165, 1.54) is 12.3 Å². The van der Waals surface area contributed by atoms with Gasteiger partial charge in [-0.05, 0) is 18.1 Å². The third kappa shape index (κ3) is 5.07. The van der Waals surface area contributed by atoms with Crippen LogP contribution in [0.1, 0.15) is 13.8 Å². The van der Waals surface area contributed by atoms with Crippen molar-refractivity contribution in [1.29, 1.82) is 5.26 Å². The largest absolute Gasteiger partial charge is 0.480 e. The number of hydrogen-bond donors (Lipinski definition) is 3. The Hall–Kier alpha value is -2.59. The second kappa shape index (κ2) is 8.00. The van der Waals surface area contributed by atoms with E-state index in [2.05, 4.69) is 15.6 Å². The number of halogens is 1. The molecule has 1 heterocycles. The number of anilines is 1. The summed E-state index contributed by atoms with van der Waals surface area (Å²) in [6.45, 7) is 3.31. The van der Waals surface area contributed by atoms with Gasteiger partial charge in [0.15, 0.2) is 0 Å². The number of carbonyl (C=O) groups is 2. The lowest BCUT2D eigenvalue weighted by molar-refractivity contribution is -0.142. The van der Waals surface area contributed by atoms with Gasteiger partial charge < -0.3 is 15.7 Å². The molecule has 0 saturated carbocycles. The van der Waals surface area contributed by atoms with Crippen molar-refractivity contribution in [3.05, 3.63) is 35.1 Å². The number of carbonyl (C=O) groups excluding carboxylic acids is 1. The Morgan fingerprint density at radius 3 is 2.68 bits per heavy atom. The molecule has 116 valence electrons. The van der Waals surface area contributed by atoms with Crippen LogP contribution >= 0.6 is 11.6 Å². The molecular formula is C14H15ClN4O3. The van der Waals surface area contributed by atoms with E-state index < -0.39 is 17.9 Å². The van der Waals surface area contributed by atoms with Crippen LogP contribution in [-0.4, -0.2) is 28.0 Å². The van der Waals surface area contributed by atoms with Gasteiger partial charge in [0.2, 0.25) is 0 Å². The number of nitriles is 1. The van der Waals surface area contributed by atoms with Crippen LogP contribution in [0.2, 0.25) is 5.02 Å². The summed E-state index contributed by atoms with van der Waals surface area (Å²) < 4.78 is 0. The third-order valence-corrected chi connectivity index (χ3v) is 2.91. The summed E-state index contributed by atoms with van der Waals surface area (Å²) in [6, 6.07) is 3.72. The Bertz CT molecular complexity index is 637. The molecule has 7 nitrogen and oxygen atoms in total. The van der Waals surface area contributed by atoms with Crippen LogP contribution in [0.4, 0.5) is 5.82 Å². The maximum Gasteiger partial charge on any atom is 0.326 e. The second-order valence-corrected chi connectivity index (χ2v) is 5.14. The van der Waals surface area contributed by atoms with Crippen molar-refractivity contribution in [1.82, 2.24) is 10.3 Å². The fraction of sp³-hybridized carbons (Fsp3) is 0.286. The number of aromatic nitrogens is 1. The van der Waals surface area contributed by atoms with Gasteiger partial charge >= 0.3 is 5.97 Å². The van der Waals surface area contributed by atoms with Gasteiger partial charge in [0.05, 0.1) is 0 Å². The Balaban J connectivity index is 2.82. The van der Waals surface area contributed by atoms with Gasteiger partial charge in [-0.15, -0.1) is 0 Å². The Labute approximate surface area is 132 Å². The van der Waals surface area contributed by atoms with Crippen molar-refractivity contribution in [3.8, 4) is 6.07 Å². The van der Waals surface area contributed by atoms with E-state index in [9.17, 15) is 9.59 Å². The predicted molar refractivity (Wildman–Crippen MR) is 81.0 cm³/mol. The molecule has 1 aromatic heterocycles. The van der Waals surface area contributed by atoms with Gasteiger partial charge in [-0.3, -0.25) is 4.79 Å². The zero-order chi connectivity index (χ0) is 16.7. The first-order valence-electron chi connectivity index (χ1n) is 6.37. The monoisotopic (exact) mass is 322 g/mol. The minimum absolute atomic E-state index is 0.270. The molecule has 0 aliphatic carbocycles. The Morgan fingerprint density at radius 2 is 2.18 bits per heavy atom. The maximum atomic E-state index is 11.9. The topological polar surface area (TPSA) is 115 Å². The van der Waals surface area contributed by atoms with E-state index in [1.54, 1.807) is 26.0 Å². The van der Waals surface area contributed by atoms with Gasteiger partial charge in [0.25, 0.3) is 5.91 Å². The van der Waals surface area contributed by atoms with Crippen LogP contribution in [0.25, 0.3) is 0 Å². The maximum absolute atomic E-state index is 11.9. The minimum Gasteiger partial charge on any atom is -0.480 e. The number of pyridine rings is 1. The van der Waals surface area contributed by atoms with Crippen LogP contribution in [0.15, 0.2) is 30.1 Å². The van der Waals surface area contributed by atoms with Gasteiger partial charge in [0.1, 0.15) is 23.5 Å². The molecule has 1 amide bonds. The zero-order valence-electron chi connectivity index (χ0n) is 12.0. The molecule has 1 unspecified atom stereocenters. The highest BCUT2D eigenvalue weighted by atomic mass is 35.5. The van der Waals surface area contributed by atoms with Crippen molar-refractivity contribution in [3.63, 3.8) is 0 Å². The number of hydrogen-bond acceptors (Lipinski definition) is 5. The first-order valence-corrected chi connectivity index (χ1v) is 6.75. The van der Waals surface area contributed by atoms with Gasteiger partial charge in [0, 0.05) is 17.4 Å². The smallest absolute Gasteiger partial charge is 0.326 e. The normalized spacial score (nSPS) is 12.4. The van der Waals surface area contributed by atoms with Crippen molar-refractivity contribution >= 4 is 29.3 Å². The lowest BCUT2D eigenvalue weighted by Crippen LogP contribution is -2.44. The fourth-order valence-electron chi connectivity index (χ4n) is 1.51. The van der Waals surface area contributed by atoms with Crippen molar-refractivity contribution in [2.45, 2.75) is 19.9 Å². The lowest BCUT2D eigenvalue weighted by Gasteiger charge is -2.17. The van der Waals surface area contributed by atoms with Crippen molar-refractivity contribution < 1.29 is 14.7 Å². The molecule has 0 spiro atoms. The predicted octanol–water partition coefficient (Wildman–Crippen LogP) is 1.78. The van der Waals surface area contributed by atoms with Crippen molar-refractivity contribution in [2.75, 3.05) is 5.32 Å². The summed E-state index contributed by atoms with van der Waals surface area (Å²) >= 11 is 5.78. The Morgan fingerprint density at radius 1 is 1.50 bits per heavy atom. The molecule has 0 aliphatic heterocycles. The molecule has 1 rings (SSSR count). The fourth-order valence-corrected chi connectivity index (χ4v) is 1.67. The molecule has 0 aliphatic rings. The molecule has 0 fully saturated rings. The average Bonchev–Trinajstić information content (AvgIpc) is 2.44. The summed E-state index contributed by atoms with van der Waals surface area (Å²) in [7, 11) is 0. The van der Waals surface area contributed by atoms with E-state index in [0.717, 1.165) is 6.20 Å². The summed E-state index contributed by atoms with van der Waals surface area (Å²) in [5.41, 5.74) is -0.270. The standard InChI is InChI=1S/C14H15ClN4O3/c1-8(2)12(14(21)22)19-13(20)9(6-16)7-18-11-5-10(15)3-4-17-11/h3-5,7-8,12H,1-2H3,(H,17,18)(H,19,20)(H,21,22)/b9-7-. The van der Waals surface area contributed by atoms with Gasteiger partial charge in [-0.1, -0.05) is 25.4 Å². The van der Waals surface area contributed by atoms with Crippen LogP contribution in [-0.2, 0) is 9.59 Å². The molecule has 1 aromatic rings. The van der Waals surface area contributed by atoms with Crippen LogP contribution < -0.4 is 10.6 Å². The molecule has 0 radical (unpaired) electrons.